The molecule has 0 bridgehead atoms. The lowest BCUT2D eigenvalue weighted by molar-refractivity contribution is 0.114. The molecule has 0 saturated carbocycles. The number of alkyl halides is 1. The van der Waals surface area contributed by atoms with Crippen LogP contribution < -0.4 is 0 Å². The molecule has 0 heterocycles. The van der Waals surface area contributed by atoms with Crippen LogP contribution in [0.15, 0.2) is 0 Å². The van der Waals surface area contributed by atoms with Gasteiger partial charge in [0.2, 0.25) is 0 Å². The molecule has 0 saturated heterocycles. The van der Waals surface area contributed by atoms with Crippen LogP contribution in [0.2, 0.25) is 0 Å². The minimum absolute atomic E-state index is 0.401. The summed E-state index contributed by atoms with van der Waals surface area (Å²) < 4.78 is 17.2. The van der Waals surface area contributed by atoms with Crippen LogP contribution in [0, 0.1) is 0 Å². The van der Waals surface area contributed by atoms with Crippen LogP contribution in [0.5, 0.6) is 0 Å². The predicted molar refractivity (Wildman–Crippen MR) is 28.1 cm³/mol. The molecule has 1 N–H and O–H groups in total. The number of hydrogen-bond donors (Lipinski definition) is 1. The summed E-state index contributed by atoms with van der Waals surface area (Å²) in [6.45, 7) is 0. The summed E-state index contributed by atoms with van der Waals surface area (Å²) in [5.74, 6) is 0. The fourth-order valence-electron chi connectivity index (χ4n) is 0.135. The molecule has 0 aromatic rings. The van der Waals surface area contributed by atoms with E-state index in [1.807, 2.05) is 0 Å². The first kappa shape index (κ1) is 8.62. The van der Waals surface area contributed by atoms with Crippen LogP contribution in [0.3, 0.4) is 0 Å². The minimum atomic E-state index is -2.93. The molecule has 0 aliphatic heterocycles. The van der Waals surface area contributed by atoms with Crippen LogP contribution in [0.25, 0.3) is 0 Å². The maximum Gasteiger partial charge on any atom is 0.753 e. The van der Waals surface area contributed by atoms with E-state index in [4.69, 9.17) is 16.5 Å². The standard InChI is InChI=1S/C2H2ClO5P/c3-1-7-2(4)8-9(5)6/h1H2/p+1. The second-order valence-corrected chi connectivity index (χ2v) is 1.71. The Morgan fingerprint density at radius 2 is 2.33 bits per heavy atom. The number of rotatable bonds is 2. The van der Waals surface area contributed by atoms with Crippen molar-refractivity contribution in [1.82, 2.24) is 0 Å². The van der Waals surface area contributed by atoms with E-state index < -0.39 is 20.5 Å². The Bertz CT molecular complexity index is 124. The minimum Gasteiger partial charge on any atom is -0.415 e. The highest BCUT2D eigenvalue weighted by atomic mass is 35.5. The lowest BCUT2D eigenvalue weighted by Gasteiger charge is -1.87. The van der Waals surface area contributed by atoms with E-state index in [1.54, 1.807) is 0 Å². The molecule has 0 spiro atoms. The largest absolute Gasteiger partial charge is 0.753 e. The van der Waals surface area contributed by atoms with Crippen LogP contribution in [-0.4, -0.2) is 17.1 Å². The number of ether oxygens (including phenoxy) is 1. The van der Waals surface area contributed by atoms with Crippen molar-refractivity contribution in [2.75, 3.05) is 6.07 Å². The first-order valence-corrected chi connectivity index (χ1v) is 3.40. The lowest BCUT2D eigenvalue weighted by Crippen LogP contribution is -2.00. The molecule has 0 amide bonds. The zero-order chi connectivity index (χ0) is 7.28. The van der Waals surface area contributed by atoms with E-state index in [2.05, 4.69) is 9.26 Å². The predicted octanol–water partition coefficient (Wildman–Crippen LogP) is 0.986. The number of carbonyl (C=O) groups is 1. The van der Waals surface area contributed by atoms with Crippen molar-refractivity contribution in [3.05, 3.63) is 0 Å². The molecule has 0 aromatic carbocycles. The van der Waals surface area contributed by atoms with Gasteiger partial charge in [-0.15, -0.1) is 9.42 Å². The second kappa shape index (κ2) is 4.49. The third-order valence-corrected chi connectivity index (χ3v) is 0.739. The number of halogens is 1. The Hall–Kier alpha value is -0.380. The molecule has 52 valence electrons. The van der Waals surface area contributed by atoms with Gasteiger partial charge in [-0.05, 0) is 0 Å². The van der Waals surface area contributed by atoms with Gasteiger partial charge in [0.15, 0.2) is 6.07 Å². The third kappa shape index (κ3) is 5.49. The molecule has 5 nitrogen and oxygen atoms in total. The van der Waals surface area contributed by atoms with Crippen molar-refractivity contribution in [2.45, 2.75) is 0 Å². The summed E-state index contributed by atoms with van der Waals surface area (Å²) in [5.41, 5.74) is 0. The molecular weight excluding hydrogens is 170 g/mol. The van der Waals surface area contributed by atoms with E-state index in [0.29, 0.717) is 0 Å². The van der Waals surface area contributed by atoms with Gasteiger partial charge in [0, 0.05) is 4.57 Å². The zero-order valence-corrected chi connectivity index (χ0v) is 5.76. The van der Waals surface area contributed by atoms with Crippen LogP contribution in [0.1, 0.15) is 0 Å². The van der Waals surface area contributed by atoms with E-state index in [9.17, 15) is 9.36 Å². The first-order valence-electron chi connectivity index (χ1n) is 1.73. The maximum absolute atomic E-state index is 9.98. The van der Waals surface area contributed by atoms with Gasteiger partial charge in [0.25, 0.3) is 0 Å². The van der Waals surface area contributed by atoms with E-state index in [1.165, 1.54) is 0 Å². The molecular formula is C2H3ClO5P+. The first-order chi connectivity index (χ1) is 4.16. The monoisotopic (exact) mass is 173 g/mol. The summed E-state index contributed by atoms with van der Waals surface area (Å²) in [5, 5.41) is 0. The topological polar surface area (TPSA) is 72.8 Å². The van der Waals surface area contributed by atoms with Crippen molar-refractivity contribution in [3.8, 4) is 0 Å². The van der Waals surface area contributed by atoms with Crippen molar-refractivity contribution < 1.29 is 23.5 Å². The summed E-state index contributed by atoms with van der Waals surface area (Å²) >= 11 is 4.88. The van der Waals surface area contributed by atoms with Gasteiger partial charge in [-0.25, -0.2) is 0 Å². The van der Waals surface area contributed by atoms with Crippen molar-refractivity contribution in [3.63, 3.8) is 0 Å². The van der Waals surface area contributed by atoms with Crippen molar-refractivity contribution in [2.24, 2.45) is 0 Å². The Morgan fingerprint density at radius 3 is 2.67 bits per heavy atom. The summed E-state index contributed by atoms with van der Waals surface area (Å²) in [4.78, 5) is 17.9. The SMILES string of the molecule is O=C(OCCl)O[P+](=O)O. The van der Waals surface area contributed by atoms with E-state index in [-0.39, 0.29) is 0 Å². The fourth-order valence-corrected chi connectivity index (χ4v) is 0.404. The van der Waals surface area contributed by atoms with Crippen LogP contribution in [0.4, 0.5) is 4.79 Å². The zero-order valence-electron chi connectivity index (χ0n) is 4.11. The molecule has 1 unspecified atom stereocenters. The average molecular weight is 173 g/mol. The molecule has 0 aromatic heterocycles. The van der Waals surface area contributed by atoms with Crippen molar-refractivity contribution in [1.29, 1.82) is 0 Å². The van der Waals surface area contributed by atoms with Gasteiger partial charge in [-0.3, -0.25) is 0 Å². The highest BCUT2D eigenvalue weighted by Crippen LogP contribution is 2.15. The second-order valence-electron chi connectivity index (χ2n) is 0.833. The molecule has 0 radical (unpaired) electrons. The van der Waals surface area contributed by atoms with Crippen molar-refractivity contribution >= 4 is 26.0 Å². The van der Waals surface area contributed by atoms with Gasteiger partial charge in [0.05, 0.1) is 0 Å². The highest BCUT2D eigenvalue weighted by molar-refractivity contribution is 7.32. The normalized spacial score (nSPS) is 10.2. The Morgan fingerprint density at radius 1 is 1.78 bits per heavy atom. The lowest BCUT2D eigenvalue weighted by atomic mass is 11.4. The Labute approximate surface area is 56.5 Å². The third-order valence-electron chi connectivity index (χ3n) is 0.325. The fraction of sp³-hybridized carbons (Fsp3) is 0.500. The van der Waals surface area contributed by atoms with Gasteiger partial charge >= 0.3 is 14.4 Å². The van der Waals surface area contributed by atoms with Crippen LogP contribution >= 0.6 is 19.9 Å². The average Bonchev–Trinajstić information content (AvgIpc) is 1.63. The summed E-state index contributed by atoms with van der Waals surface area (Å²) in [6.07, 6.45) is -1.26. The molecule has 0 fully saturated rings. The molecule has 0 rings (SSSR count). The van der Waals surface area contributed by atoms with Gasteiger partial charge in [0.1, 0.15) is 0 Å². The Balaban J connectivity index is 3.39. The summed E-state index contributed by atoms with van der Waals surface area (Å²) in [6, 6.07) is -0.401. The van der Waals surface area contributed by atoms with E-state index in [0.717, 1.165) is 0 Å². The molecule has 7 heteroatoms. The summed E-state index contributed by atoms with van der Waals surface area (Å²) in [7, 11) is -2.93. The molecule has 0 aliphatic carbocycles. The molecule has 9 heavy (non-hydrogen) atoms. The molecule has 0 aliphatic rings. The molecule has 1 atom stereocenters. The Kier molecular flexibility index (Phi) is 4.30. The van der Waals surface area contributed by atoms with Gasteiger partial charge < -0.3 is 4.74 Å². The quantitative estimate of drug-likeness (QED) is 0.383. The number of carbonyl (C=O) groups excluding carboxylic acids is 1. The van der Waals surface area contributed by atoms with Crippen LogP contribution in [-0.2, 0) is 13.8 Å². The maximum atomic E-state index is 9.98. The van der Waals surface area contributed by atoms with E-state index >= 15 is 0 Å². The van der Waals surface area contributed by atoms with Gasteiger partial charge in [-0.1, -0.05) is 11.6 Å². The van der Waals surface area contributed by atoms with Gasteiger partial charge in [-0.2, -0.15) is 4.79 Å². The highest BCUT2D eigenvalue weighted by Gasteiger charge is 2.20. The smallest absolute Gasteiger partial charge is 0.415 e. The number of hydrogen-bond acceptors (Lipinski definition) is 4.